The lowest BCUT2D eigenvalue weighted by atomic mass is 10.0. The largest absolute Gasteiger partial charge is 0.255 e. The Hall–Kier alpha value is -2.59. The summed E-state index contributed by atoms with van der Waals surface area (Å²) < 4.78 is 0. The minimum atomic E-state index is 0.793. The fraction of sp³-hybridized carbons (Fsp3) is 0.105. The molecule has 0 fully saturated rings. The number of benzene rings is 1. The van der Waals surface area contributed by atoms with Crippen LogP contribution in [0.4, 0.5) is 0 Å². The second kappa shape index (κ2) is 5.56. The lowest BCUT2D eigenvalue weighted by Gasteiger charge is -2.05. The molecule has 23 heavy (non-hydrogen) atoms. The van der Waals surface area contributed by atoms with E-state index >= 15 is 0 Å². The molecule has 0 atom stereocenters. The van der Waals surface area contributed by atoms with Crippen molar-refractivity contribution in [2.45, 2.75) is 13.8 Å². The molecule has 0 unspecified atom stereocenters. The van der Waals surface area contributed by atoms with E-state index in [1.807, 2.05) is 37.5 Å². The third kappa shape index (κ3) is 2.51. The van der Waals surface area contributed by atoms with Gasteiger partial charge < -0.3 is 0 Å². The zero-order chi connectivity index (χ0) is 15.8. The Balaban J connectivity index is 2.05. The fourth-order valence-corrected chi connectivity index (χ4v) is 3.84. The SMILES string of the molecule is Cc1ccc(-c2c(-c3ccccn3)sc3nc(C)ncc23)cc1. The van der Waals surface area contributed by atoms with Crippen LogP contribution < -0.4 is 0 Å². The van der Waals surface area contributed by atoms with Crippen LogP contribution in [0.1, 0.15) is 11.4 Å². The number of aromatic nitrogens is 3. The molecule has 0 aliphatic rings. The van der Waals surface area contributed by atoms with Crippen LogP contribution in [0.15, 0.2) is 54.9 Å². The highest BCUT2D eigenvalue weighted by atomic mass is 32.1. The number of nitrogens with zero attached hydrogens (tertiary/aromatic N) is 3. The molecule has 112 valence electrons. The molecule has 4 rings (SSSR count). The second-order valence-corrected chi connectivity index (χ2v) is 6.52. The second-order valence-electron chi connectivity index (χ2n) is 5.52. The summed E-state index contributed by atoms with van der Waals surface area (Å²) in [6.45, 7) is 4.02. The van der Waals surface area contributed by atoms with Crippen LogP contribution in [0.3, 0.4) is 0 Å². The van der Waals surface area contributed by atoms with Gasteiger partial charge in [0.2, 0.25) is 0 Å². The van der Waals surface area contributed by atoms with E-state index in [2.05, 4.69) is 46.1 Å². The highest BCUT2D eigenvalue weighted by molar-refractivity contribution is 7.22. The summed E-state index contributed by atoms with van der Waals surface area (Å²) in [6.07, 6.45) is 3.76. The summed E-state index contributed by atoms with van der Waals surface area (Å²) in [5, 5.41) is 1.09. The van der Waals surface area contributed by atoms with Crippen molar-refractivity contribution < 1.29 is 0 Å². The minimum absolute atomic E-state index is 0.793. The Morgan fingerprint density at radius 3 is 2.48 bits per heavy atom. The number of hydrogen-bond donors (Lipinski definition) is 0. The third-order valence-corrected chi connectivity index (χ3v) is 4.93. The van der Waals surface area contributed by atoms with Crippen molar-refractivity contribution in [3.8, 4) is 21.7 Å². The predicted octanol–water partition coefficient (Wildman–Crippen LogP) is 5.04. The number of thiophene rings is 1. The highest BCUT2D eigenvalue weighted by Gasteiger charge is 2.17. The molecule has 0 radical (unpaired) electrons. The molecule has 0 N–H and O–H groups in total. The van der Waals surface area contributed by atoms with E-state index < -0.39 is 0 Å². The van der Waals surface area contributed by atoms with Crippen molar-refractivity contribution in [1.82, 2.24) is 15.0 Å². The van der Waals surface area contributed by atoms with Crippen molar-refractivity contribution in [3.63, 3.8) is 0 Å². The molecule has 0 saturated heterocycles. The van der Waals surface area contributed by atoms with Gasteiger partial charge in [-0.15, -0.1) is 11.3 Å². The molecule has 0 saturated carbocycles. The first-order valence-electron chi connectivity index (χ1n) is 7.47. The van der Waals surface area contributed by atoms with E-state index in [1.54, 1.807) is 11.3 Å². The third-order valence-electron chi connectivity index (χ3n) is 3.81. The molecular formula is C19H15N3S. The summed E-state index contributed by atoms with van der Waals surface area (Å²) in [4.78, 5) is 15.7. The fourth-order valence-electron chi connectivity index (χ4n) is 2.65. The summed E-state index contributed by atoms with van der Waals surface area (Å²) in [6, 6.07) is 14.6. The van der Waals surface area contributed by atoms with Crippen LogP contribution in [0.25, 0.3) is 31.9 Å². The molecule has 1 aromatic carbocycles. The maximum atomic E-state index is 4.61. The zero-order valence-corrected chi connectivity index (χ0v) is 13.8. The van der Waals surface area contributed by atoms with Crippen LogP contribution in [0.5, 0.6) is 0 Å². The van der Waals surface area contributed by atoms with Gasteiger partial charge in [-0.1, -0.05) is 35.9 Å². The van der Waals surface area contributed by atoms with Gasteiger partial charge in [-0.05, 0) is 31.5 Å². The summed E-state index contributed by atoms with van der Waals surface area (Å²) in [5.74, 6) is 0.793. The molecule has 0 bridgehead atoms. The summed E-state index contributed by atoms with van der Waals surface area (Å²) in [5.41, 5.74) is 4.57. The van der Waals surface area contributed by atoms with Gasteiger partial charge in [-0.25, -0.2) is 9.97 Å². The van der Waals surface area contributed by atoms with Crippen LogP contribution in [0, 0.1) is 13.8 Å². The van der Waals surface area contributed by atoms with E-state index in [9.17, 15) is 0 Å². The van der Waals surface area contributed by atoms with Crippen LogP contribution in [-0.2, 0) is 0 Å². The monoisotopic (exact) mass is 317 g/mol. The number of fused-ring (bicyclic) bond motifs is 1. The average Bonchev–Trinajstić information content (AvgIpc) is 2.95. The Morgan fingerprint density at radius 2 is 1.74 bits per heavy atom. The standard InChI is InChI=1S/C19H15N3S/c1-12-6-8-14(9-7-12)17-15-11-21-13(2)22-19(15)23-18(17)16-5-3-4-10-20-16/h3-11H,1-2H3. The maximum Gasteiger partial charge on any atom is 0.128 e. The smallest absolute Gasteiger partial charge is 0.128 e. The summed E-state index contributed by atoms with van der Waals surface area (Å²) >= 11 is 1.68. The minimum Gasteiger partial charge on any atom is -0.255 e. The van der Waals surface area contributed by atoms with E-state index in [4.69, 9.17) is 0 Å². The first-order chi connectivity index (χ1) is 11.2. The highest BCUT2D eigenvalue weighted by Crippen LogP contribution is 2.43. The van der Waals surface area contributed by atoms with Gasteiger partial charge >= 0.3 is 0 Å². The molecule has 0 spiro atoms. The van der Waals surface area contributed by atoms with Gasteiger partial charge in [-0.2, -0.15) is 0 Å². The molecule has 0 aliphatic heterocycles. The molecule has 0 aliphatic carbocycles. The van der Waals surface area contributed by atoms with Crippen molar-refractivity contribution in [3.05, 3.63) is 66.2 Å². The number of pyridine rings is 1. The van der Waals surface area contributed by atoms with Crippen LogP contribution in [0.2, 0.25) is 0 Å². The number of hydrogen-bond acceptors (Lipinski definition) is 4. The van der Waals surface area contributed by atoms with Gasteiger partial charge in [0.05, 0.1) is 10.6 Å². The molecule has 3 heterocycles. The normalized spacial score (nSPS) is 11.0. The first kappa shape index (κ1) is 14.0. The van der Waals surface area contributed by atoms with E-state index in [0.717, 1.165) is 26.6 Å². The lowest BCUT2D eigenvalue weighted by Crippen LogP contribution is -1.86. The van der Waals surface area contributed by atoms with Crippen molar-refractivity contribution in [2.75, 3.05) is 0 Å². The predicted molar refractivity (Wildman–Crippen MR) is 95.6 cm³/mol. The van der Waals surface area contributed by atoms with Crippen molar-refractivity contribution in [1.29, 1.82) is 0 Å². The van der Waals surface area contributed by atoms with Gasteiger partial charge in [0, 0.05) is 23.3 Å². The summed E-state index contributed by atoms with van der Waals surface area (Å²) in [7, 11) is 0. The average molecular weight is 317 g/mol. The molecule has 4 aromatic rings. The van der Waals surface area contributed by atoms with E-state index in [1.165, 1.54) is 16.7 Å². The van der Waals surface area contributed by atoms with Crippen LogP contribution >= 0.6 is 11.3 Å². The molecule has 3 nitrogen and oxygen atoms in total. The van der Waals surface area contributed by atoms with Gasteiger partial charge in [0.25, 0.3) is 0 Å². The van der Waals surface area contributed by atoms with Crippen molar-refractivity contribution >= 4 is 21.6 Å². The topological polar surface area (TPSA) is 38.7 Å². The zero-order valence-electron chi connectivity index (χ0n) is 12.9. The number of rotatable bonds is 2. The van der Waals surface area contributed by atoms with Crippen LogP contribution in [-0.4, -0.2) is 15.0 Å². The Labute approximate surface area is 138 Å². The van der Waals surface area contributed by atoms with Gasteiger partial charge in [0.1, 0.15) is 10.7 Å². The molecular weight excluding hydrogens is 302 g/mol. The molecule has 4 heteroatoms. The first-order valence-corrected chi connectivity index (χ1v) is 8.28. The Bertz CT molecular complexity index is 973. The van der Waals surface area contributed by atoms with Gasteiger partial charge in [-0.3, -0.25) is 4.98 Å². The molecule has 0 amide bonds. The Kier molecular flexibility index (Phi) is 3.39. The van der Waals surface area contributed by atoms with Crippen molar-refractivity contribution in [2.24, 2.45) is 0 Å². The lowest BCUT2D eigenvalue weighted by molar-refractivity contribution is 1.10. The van der Waals surface area contributed by atoms with E-state index in [-0.39, 0.29) is 0 Å². The number of aryl methyl sites for hydroxylation is 2. The Morgan fingerprint density at radius 1 is 0.913 bits per heavy atom. The van der Waals surface area contributed by atoms with E-state index in [0.29, 0.717) is 0 Å². The molecule has 3 aromatic heterocycles. The quantitative estimate of drug-likeness (QED) is 0.520. The maximum absolute atomic E-state index is 4.61. The van der Waals surface area contributed by atoms with Gasteiger partial charge in [0.15, 0.2) is 0 Å².